The Labute approximate surface area is 104 Å². The van der Waals surface area contributed by atoms with Gasteiger partial charge in [-0.3, -0.25) is 4.79 Å². The Morgan fingerprint density at radius 1 is 1.28 bits per heavy atom. The summed E-state index contributed by atoms with van der Waals surface area (Å²) in [4.78, 5) is 11.6. The lowest BCUT2D eigenvalue weighted by Crippen LogP contribution is -2.27. The van der Waals surface area contributed by atoms with Crippen LogP contribution in [0.1, 0.15) is 19.3 Å². The Hall–Kier alpha value is -1.63. The number of anilines is 1. The molecule has 7 heteroatoms. The van der Waals surface area contributed by atoms with Gasteiger partial charge in [0.1, 0.15) is 5.75 Å². The van der Waals surface area contributed by atoms with Crippen LogP contribution < -0.4 is 9.50 Å². The van der Waals surface area contributed by atoms with Crippen LogP contribution in [0.5, 0.6) is 5.75 Å². The van der Waals surface area contributed by atoms with E-state index in [2.05, 4.69) is 9.50 Å². The molecule has 0 aliphatic heterocycles. The van der Waals surface area contributed by atoms with Crippen LogP contribution in [-0.2, 0) is 15.3 Å². The first kappa shape index (κ1) is 12.8. The van der Waals surface area contributed by atoms with Crippen molar-refractivity contribution in [3.05, 3.63) is 24.3 Å². The molecular formula is C11H12FNO4S. The lowest BCUT2D eigenvalue weighted by Gasteiger charge is -2.24. The van der Waals surface area contributed by atoms with Gasteiger partial charge in [-0.05, 0) is 37.1 Å². The van der Waals surface area contributed by atoms with E-state index in [1.165, 1.54) is 24.3 Å². The summed E-state index contributed by atoms with van der Waals surface area (Å²) in [6, 6.07) is 5.45. The van der Waals surface area contributed by atoms with Crippen LogP contribution in [0.2, 0.25) is 0 Å². The standard InChI is InChI=1S/C11H12FNO4S/c12-18(15,16)17-10-6-4-9(5-7-10)13-11(14)8-2-1-3-8/h4-8H,1-3H2,(H,13,14). The van der Waals surface area contributed by atoms with Crippen LogP contribution in [0.4, 0.5) is 9.57 Å². The Morgan fingerprint density at radius 2 is 1.89 bits per heavy atom. The summed E-state index contributed by atoms with van der Waals surface area (Å²) in [5.74, 6) is -0.126. The Balaban J connectivity index is 1.97. The molecule has 1 fully saturated rings. The second-order valence-electron chi connectivity index (χ2n) is 4.12. The lowest BCUT2D eigenvalue weighted by molar-refractivity contribution is -0.122. The van der Waals surface area contributed by atoms with E-state index in [4.69, 9.17) is 0 Å². The van der Waals surface area contributed by atoms with E-state index in [-0.39, 0.29) is 17.6 Å². The van der Waals surface area contributed by atoms with Gasteiger partial charge in [0.05, 0.1) is 0 Å². The number of amides is 1. The summed E-state index contributed by atoms with van der Waals surface area (Å²) in [5.41, 5.74) is 0.524. The zero-order chi connectivity index (χ0) is 13.2. The van der Waals surface area contributed by atoms with Gasteiger partial charge < -0.3 is 9.50 Å². The Bertz CT molecular complexity index is 537. The molecule has 1 N–H and O–H groups in total. The number of carbonyl (C=O) groups is 1. The van der Waals surface area contributed by atoms with E-state index in [1.807, 2.05) is 0 Å². The smallest absolute Gasteiger partial charge is 0.358 e. The Kier molecular flexibility index (Phi) is 3.51. The highest BCUT2D eigenvalue weighted by atomic mass is 32.3. The van der Waals surface area contributed by atoms with Gasteiger partial charge in [-0.15, -0.1) is 0 Å². The molecule has 0 bridgehead atoms. The van der Waals surface area contributed by atoms with E-state index in [1.54, 1.807) is 0 Å². The summed E-state index contributed by atoms with van der Waals surface area (Å²) in [6.07, 6.45) is 2.86. The minimum Gasteiger partial charge on any atom is -0.358 e. The van der Waals surface area contributed by atoms with Crippen molar-refractivity contribution in [3.63, 3.8) is 0 Å². The molecule has 98 valence electrons. The van der Waals surface area contributed by atoms with Crippen molar-refractivity contribution in [1.29, 1.82) is 0 Å². The van der Waals surface area contributed by atoms with Gasteiger partial charge in [0.15, 0.2) is 0 Å². The normalized spacial score (nSPS) is 15.8. The number of carbonyl (C=O) groups excluding carboxylic acids is 1. The van der Waals surface area contributed by atoms with Gasteiger partial charge in [-0.25, -0.2) is 0 Å². The molecule has 1 amide bonds. The number of hydrogen-bond donors (Lipinski definition) is 1. The molecule has 0 aromatic heterocycles. The highest BCUT2D eigenvalue weighted by Crippen LogP contribution is 2.28. The first-order chi connectivity index (χ1) is 8.44. The number of halogens is 1. The van der Waals surface area contributed by atoms with Crippen LogP contribution in [0.3, 0.4) is 0 Å². The van der Waals surface area contributed by atoms with Crippen LogP contribution in [-0.4, -0.2) is 14.3 Å². The predicted molar refractivity (Wildman–Crippen MR) is 63.1 cm³/mol. The summed E-state index contributed by atoms with van der Waals surface area (Å²) in [7, 11) is -5.01. The summed E-state index contributed by atoms with van der Waals surface area (Å²) in [5, 5.41) is 2.70. The zero-order valence-corrected chi connectivity index (χ0v) is 10.2. The number of rotatable bonds is 4. The maximum Gasteiger partial charge on any atom is 0.488 e. The van der Waals surface area contributed by atoms with Crippen molar-refractivity contribution in [2.45, 2.75) is 19.3 Å². The quantitative estimate of drug-likeness (QED) is 0.852. The van der Waals surface area contributed by atoms with Crippen molar-refractivity contribution in [2.24, 2.45) is 5.92 Å². The van der Waals surface area contributed by atoms with Gasteiger partial charge in [0.25, 0.3) is 0 Å². The first-order valence-electron chi connectivity index (χ1n) is 5.49. The molecule has 18 heavy (non-hydrogen) atoms. The second-order valence-corrected chi connectivity index (χ2v) is 5.07. The van der Waals surface area contributed by atoms with Crippen LogP contribution in [0, 0.1) is 5.92 Å². The molecule has 0 heterocycles. The first-order valence-corrected chi connectivity index (χ1v) is 6.80. The van der Waals surface area contributed by atoms with E-state index < -0.39 is 10.5 Å². The summed E-state index contributed by atoms with van der Waals surface area (Å²) < 4.78 is 36.7. The molecule has 0 atom stereocenters. The van der Waals surface area contributed by atoms with E-state index in [9.17, 15) is 17.1 Å². The second kappa shape index (κ2) is 4.93. The fourth-order valence-electron chi connectivity index (χ4n) is 1.62. The predicted octanol–water partition coefficient (Wildman–Crippen LogP) is 2.02. The third-order valence-electron chi connectivity index (χ3n) is 2.79. The average molecular weight is 273 g/mol. The van der Waals surface area contributed by atoms with Crippen molar-refractivity contribution >= 4 is 22.1 Å². The third kappa shape index (κ3) is 3.43. The van der Waals surface area contributed by atoms with E-state index >= 15 is 0 Å². The fraction of sp³-hybridized carbons (Fsp3) is 0.364. The number of hydrogen-bond acceptors (Lipinski definition) is 4. The third-order valence-corrected chi connectivity index (χ3v) is 3.19. The van der Waals surface area contributed by atoms with Crippen LogP contribution in [0.15, 0.2) is 24.3 Å². The molecular weight excluding hydrogens is 261 g/mol. The topological polar surface area (TPSA) is 72.5 Å². The molecule has 1 aromatic rings. The summed E-state index contributed by atoms with van der Waals surface area (Å²) >= 11 is 0. The maximum atomic E-state index is 12.2. The molecule has 1 aliphatic rings. The van der Waals surface area contributed by atoms with Gasteiger partial charge in [0, 0.05) is 11.6 Å². The minimum absolute atomic E-state index is 0.0481. The summed E-state index contributed by atoms with van der Waals surface area (Å²) in [6.45, 7) is 0. The zero-order valence-electron chi connectivity index (χ0n) is 9.43. The molecule has 1 aliphatic carbocycles. The lowest BCUT2D eigenvalue weighted by atomic mass is 9.85. The van der Waals surface area contributed by atoms with Crippen molar-refractivity contribution in [3.8, 4) is 5.75 Å². The van der Waals surface area contributed by atoms with Gasteiger partial charge in [-0.2, -0.15) is 8.42 Å². The monoisotopic (exact) mass is 273 g/mol. The van der Waals surface area contributed by atoms with Gasteiger partial charge in [-0.1, -0.05) is 10.3 Å². The average Bonchev–Trinajstić information content (AvgIpc) is 2.16. The Morgan fingerprint density at radius 3 is 2.33 bits per heavy atom. The molecule has 0 radical (unpaired) electrons. The largest absolute Gasteiger partial charge is 0.488 e. The molecule has 1 saturated carbocycles. The number of benzene rings is 1. The van der Waals surface area contributed by atoms with E-state index in [0.29, 0.717) is 5.69 Å². The molecule has 1 aromatic carbocycles. The van der Waals surface area contributed by atoms with Crippen molar-refractivity contribution in [2.75, 3.05) is 5.32 Å². The van der Waals surface area contributed by atoms with Gasteiger partial charge in [0.2, 0.25) is 5.91 Å². The van der Waals surface area contributed by atoms with E-state index in [0.717, 1.165) is 19.3 Å². The highest BCUT2D eigenvalue weighted by Gasteiger charge is 2.25. The SMILES string of the molecule is O=C(Nc1ccc(OS(=O)(=O)F)cc1)C1CCC1. The number of nitrogens with one attached hydrogen (secondary N) is 1. The van der Waals surface area contributed by atoms with Crippen molar-refractivity contribution in [1.82, 2.24) is 0 Å². The van der Waals surface area contributed by atoms with Crippen LogP contribution in [0.25, 0.3) is 0 Å². The van der Waals surface area contributed by atoms with Crippen LogP contribution >= 0.6 is 0 Å². The highest BCUT2D eigenvalue weighted by molar-refractivity contribution is 7.81. The minimum atomic E-state index is -5.01. The van der Waals surface area contributed by atoms with Crippen molar-refractivity contribution < 1.29 is 21.3 Å². The maximum absolute atomic E-state index is 12.2. The molecule has 0 unspecified atom stereocenters. The molecule has 5 nitrogen and oxygen atoms in total. The molecule has 0 saturated heterocycles. The molecule has 0 spiro atoms. The van der Waals surface area contributed by atoms with Gasteiger partial charge >= 0.3 is 10.5 Å². The molecule has 2 rings (SSSR count). The fourth-order valence-corrected chi connectivity index (χ4v) is 1.96.